The van der Waals surface area contributed by atoms with Crippen LogP contribution in [0.5, 0.6) is 5.75 Å². The van der Waals surface area contributed by atoms with Crippen LogP contribution >= 0.6 is 0 Å². The van der Waals surface area contributed by atoms with E-state index in [0.717, 1.165) is 68.9 Å². The summed E-state index contributed by atoms with van der Waals surface area (Å²) in [6.07, 6.45) is 3.66. The first-order valence-corrected chi connectivity index (χ1v) is 13.8. The molecule has 0 aliphatic carbocycles. The molecule has 1 aliphatic rings. The molecule has 0 spiro atoms. The lowest BCUT2D eigenvalue weighted by molar-refractivity contribution is -0.0141. The fourth-order valence-electron chi connectivity index (χ4n) is 5.43. The van der Waals surface area contributed by atoms with Crippen molar-refractivity contribution in [3.05, 3.63) is 95.8 Å². The molecule has 5 heteroatoms. The fraction of sp³-hybridized carbons (Fsp3) is 0.438. The van der Waals surface area contributed by atoms with Crippen LogP contribution in [0.25, 0.3) is 0 Å². The van der Waals surface area contributed by atoms with E-state index in [1.807, 2.05) is 42.5 Å². The van der Waals surface area contributed by atoms with E-state index in [4.69, 9.17) is 4.74 Å². The average molecular weight is 505 g/mol. The standard InChI is InChI=1S/C32H41FN2O2/c1-3-5-24-37-28-17-15-27(16-18-28)32(36,19-4-2)29(26-11-7-6-8-12-26)25-34-20-22-35(23-21-34)31-14-10-9-13-30(31)33/h6-18,29,36H,3-5,19-25H2,1-2H3/t29-,32+/m0/s1. The topological polar surface area (TPSA) is 35.9 Å². The maximum absolute atomic E-state index is 14.3. The number of aliphatic hydroxyl groups is 1. The van der Waals surface area contributed by atoms with Gasteiger partial charge in [-0.2, -0.15) is 0 Å². The number of para-hydroxylation sites is 1. The van der Waals surface area contributed by atoms with E-state index in [9.17, 15) is 9.50 Å². The predicted octanol–water partition coefficient (Wildman–Crippen LogP) is 6.60. The smallest absolute Gasteiger partial charge is 0.146 e. The quantitative estimate of drug-likeness (QED) is 0.282. The molecular formula is C32H41FN2O2. The number of nitrogens with zero attached hydrogens (tertiary/aromatic N) is 2. The summed E-state index contributed by atoms with van der Waals surface area (Å²) in [6.45, 7) is 8.90. The van der Waals surface area contributed by atoms with Gasteiger partial charge in [0, 0.05) is 38.6 Å². The van der Waals surface area contributed by atoms with Gasteiger partial charge in [0.05, 0.1) is 17.9 Å². The molecule has 4 rings (SSSR count). The number of hydrogen-bond acceptors (Lipinski definition) is 4. The van der Waals surface area contributed by atoms with Crippen molar-refractivity contribution in [1.82, 2.24) is 4.90 Å². The van der Waals surface area contributed by atoms with E-state index in [1.165, 1.54) is 6.07 Å². The highest BCUT2D eigenvalue weighted by atomic mass is 19.1. The van der Waals surface area contributed by atoms with Gasteiger partial charge in [-0.3, -0.25) is 4.90 Å². The van der Waals surface area contributed by atoms with Crippen molar-refractivity contribution in [3.63, 3.8) is 0 Å². The third kappa shape index (κ3) is 6.71. The van der Waals surface area contributed by atoms with Gasteiger partial charge in [0.1, 0.15) is 11.6 Å². The number of rotatable bonds is 12. The minimum absolute atomic E-state index is 0.0967. The summed E-state index contributed by atoms with van der Waals surface area (Å²) in [6, 6.07) is 25.4. The molecule has 0 unspecified atom stereocenters. The van der Waals surface area contributed by atoms with Crippen LogP contribution in [-0.2, 0) is 5.60 Å². The normalized spacial score (nSPS) is 16.8. The van der Waals surface area contributed by atoms with E-state index in [0.29, 0.717) is 18.7 Å². The molecule has 0 saturated carbocycles. The Morgan fingerprint density at radius 1 is 0.865 bits per heavy atom. The minimum atomic E-state index is -1.01. The number of halogens is 1. The van der Waals surface area contributed by atoms with Crippen LogP contribution in [0.4, 0.5) is 10.1 Å². The summed E-state index contributed by atoms with van der Waals surface area (Å²) < 4.78 is 20.2. The molecule has 0 bridgehead atoms. The Bertz CT molecular complexity index is 1080. The van der Waals surface area contributed by atoms with Crippen molar-refractivity contribution in [2.75, 3.05) is 44.2 Å². The van der Waals surface area contributed by atoms with E-state index in [2.05, 4.69) is 47.9 Å². The number of ether oxygens (including phenoxy) is 1. The van der Waals surface area contributed by atoms with Crippen LogP contribution in [0.2, 0.25) is 0 Å². The molecule has 3 aromatic rings. The second kappa shape index (κ2) is 13.1. The van der Waals surface area contributed by atoms with Crippen molar-refractivity contribution >= 4 is 5.69 Å². The second-order valence-corrected chi connectivity index (χ2v) is 10.1. The van der Waals surface area contributed by atoms with Crippen LogP contribution < -0.4 is 9.64 Å². The number of unbranched alkanes of at least 4 members (excludes halogenated alkanes) is 1. The lowest BCUT2D eigenvalue weighted by Crippen LogP contribution is -2.50. The van der Waals surface area contributed by atoms with Crippen molar-refractivity contribution in [2.24, 2.45) is 0 Å². The first-order valence-electron chi connectivity index (χ1n) is 13.8. The van der Waals surface area contributed by atoms with Crippen LogP contribution in [0.3, 0.4) is 0 Å². The van der Waals surface area contributed by atoms with Gasteiger partial charge >= 0.3 is 0 Å². The maximum atomic E-state index is 14.3. The SMILES string of the molecule is CCCCOc1ccc([C@](O)(CCC)[C@@H](CN2CCN(c3ccccc3F)CC2)c2ccccc2)cc1. The maximum Gasteiger partial charge on any atom is 0.146 e. The highest BCUT2D eigenvalue weighted by molar-refractivity contribution is 5.48. The van der Waals surface area contributed by atoms with Gasteiger partial charge in [-0.1, -0.05) is 81.3 Å². The van der Waals surface area contributed by atoms with Gasteiger partial charge in [0.15, 0.2) is 0 Å². The van der Waals surface area contributed by atoms with Crippen LogP contribution in [-0.4, -0.2) is 49.3 Å². The van der Waals surface area contributed by atoms with E-state index < -0.39 is 5.60 Å². The largest absolute Gasteiger partial charge is 0.494 e. The molecule has 0 amide bonds. The molecule has 1 fully saturated rings. The Hall–Kier alpha value is -2.89. The van der Waals surface area contributed by atoms with E-state index in [1.54, 1.807) is 6.07 Å². The Kier molecular flexibility index (Phi) is 9.59. The van der Waals surface area contributed by atoms with Gasteiger partial charge in [-0.15, -0.1) is 0 Å². The first-order chi connectivity index (χ1) is 18.0. The van der Waals surface area contributed by atoms with Crippen LogP contribution in [0, 0.1) is 5.82 Å². The van der Waals surface area contributed by atoms with Crippen LogP contribution in [0.1, 0.15) is 56.6 Å². The monoisotopic (exact) mass is 504 g/mol. The molecule has 1 aliphatic heterocycles. The van der Waals surface area contributed by atoms with Crippen molar-refractivity contribution in [2.45, 2.75) is 51.0 Å². The highest BCUT2D eigenvalue weighted by Crippen LogP contribution is 2.42. The summed E-state index contributed by atoms with van der Waals surface area (Å²) in [5.41, 5.74) is 1.72. The third-order valence-corrected chi connectivity index (χ3v) is 7.54. The Balaban J connectivity index is 1.55. The number of hydrogen-bond donors (Lipinski definition) is 1. The molecule has 0 aromatic heterocycles. The summed E-state index contributed by atoms with van der Waals surface area (Å²) in [7, 11) is 0. The van der Waals surface area contributed by atoms with Crippen molar-refractivity contribution < 1.29 is 14.2 Å². The molecule has 1 heterocycles. The van der Waals surface area contributed by atoms with Gasteiger partial charge in [-0.05, 0) is 48.2 Å². The lowest BCUT2D eigenvalue weighted by atomic mass is 9.74. The van der Waals surface area contributed by atoms with Gasteiger partial charge in [0.2, 0.25) is 0 Å². The molecular weight excluding hydrogens is 463 g/mol. The van der Waals surface area contributed by atoms with Crippen LogP contribution in [0.15, 0.2) is 78.9 Å². The highest BCUT2D eigenvalue weighted by Gasteiger charge is 2.40. The zero-order valence-electron chi connectivity index (χ0n) is 22.3. The minimum Gasteiger partial charge on any atom is -0.494 e. The zero-order valence-corrected chi connectivity index (χ0v) is 22.3. The molecule has 3 aromatic carbocycles. The Labute approximate surface area is 221 Å². The van der Waals surface area contributed by atoms with Gasteiger partial charge < -0.3 is 14.7 Å². The average Bonchev–Trinajstić information content (AvgIpc) is 2.93. The van der Waals surface area contributed by atoms with E-state index in [-0.39, 0.29) is 11.7 Å². The van der Waals surface area contributed by atoms with Gasteiger partial charge in [-0.25, -0.2) is 4.39 Å². The van der Waals surface area contributed by atoms with Crippen molar-refractivity contribution in [1.29, 1.82) is 0 Å². The number of anilines is 1. The molecule has 37 heavy (non-hydrogen) atoms. The molecule has 0 radical (unpaired) electrons. The van der Waals surface area contributed by atoms with Gasteiger partial charge in [0.25, 0.3) is 0 Å². The van der Waals surface area contributed by atoms with Crippen molar-refractivity contribution in [3.8, 4) is 5.75 Å². The molecule has 2 atom stereocenters. The fourth-order valence-corrected chi connectivity index (χ4v) is 5.43. The Morgan fingerprint density at radius 3 is 2.19 bits per heavy atom. The lowest BCUT2D eigenvalue weighted by Gasteiger charge is -2.43. The molecule has 1 N–H and O–H groups in total. The second-order valence-electron chi connectivity index (χ2n) is 10.1. The summed E-state index contributed by atoms with van der Waals surface area (Å²) in [5.74, 6) is 0.578. The summed E-state index contributed by atoms with van der Waals surface area (Å²) >= 11 is 0. The third-order valence-electron chi connectivity index (χ3n) is 7.54. The molecule has 198 valence electrons. The van der Waals surface area contributed by atoms with E-state index >= 15 is 0 Å². The summed E-state index contributed by atoms with van der Waals surface area (Å²) in [4.78, 5) is 4.54. The predicted molar refractivity (Wildman–Crippen MR) is 150 cm³/mol. The zero-order chi connectivity index (χ0) is 26.1. The summed E-state index contributed by atoms with van der Waals surface area (Å²) in [5, 5.41) is 12.4. The molecule has 4 nitrogen and oxygen atoms in total. The molecule has 1 saturated heterocycles. The number of piperazine rings is 1. The number of benzene rings is 3. The Morgan fingerprint density at radius 2 is 1.54 bits per heavy atom. The first kappa shape index (κ1) is 27.2.